The number of hydrogen-bond acceptors (Lipinski definition) is 5. The predicted octanol–water partition coefficient (Wildman–Crippen LogP) is 2.96. The fourth-order valence-electron chi connectivity index (χ4n) is 3.52. The van der Waals surface area contributed by atoms with Crippen LogP contribution in [0.25, 0.3) is 0 Å². The summed E-state index contributed by atoms with van der Waals surface area (Å²) in [4.78, 5) is 17.7. The van der Waals surface area contributed by atoms with Crippen molar-refractivity contribution in [3.05, 3.63) is 105 Å². The van der Waals surface area contributed by atoms with Crippen molar-refractivity contribution >= 4 is 0 Å². The molecule has 0 amide bonds. The Morgan fingerprint density at radius 3 is 2.69 bits per heavy atom. The van der Waals surface area contributed by atoms with Crippen LogP contribution in [0.4, 0.5) is 4.39 Å². The number of rotatable bonds is 3. The quantitative estimate of drug-likeness (QED) is 0.744. The van der Waals surface area contributed by atoms with Crippen LogP contribution >= 0.6 is 0 Å². The van der Waals surface area contributed by atoms with Crippen molar-refractivity contribution < 1.29 is 9.13 Å². The molecule has 6 nitrogen and oxygen atoms in total. The van der Waals surface area contributed by atoms with Gasteiger partial charge in [-0.3, -0.25) is 9.78 Å². The van der Waals surface area contributed by atoms with Gasteiger partial charge in [0.05, 0.1) is 23.7 Å². The number of pyridine rings is 2. The zero-order valence-electron chi connectivity index (χ0n) is 15.6. The third-order valence-corrected chi connectivity index (χ3v) is 4.94. The maximum Gasteiger partial charge on any atom is 0.259 e. The number of benzene rings is 1. The van der Waals surface area contributed by atoms with Gasteiger partial charge in [0.25, 0.3) is 5.56 Å². The fraction of sp³-hybridized carbons (Fsp3) is 0.136. The summed E-state index contributed by atoms with van der Waals surface area (Å²) in [7, 11) is 0. The molecule has 7 heteroatoms. The average molecular weight is 388 g/mol. The second-order valence-electron chi connectivity index (χ2n) is 6.75. The van der Waals surface area contributed by atoms with Gasteiger partial charge in [-0.25, -0.2) is 4.39 Å². The van der Waals surface area contributed by atoms with Gasteiger partial charge in [0.15, 0.2) is 0 Å². The number of aromatic nitrogens is 2. The van der Waals surface area contributed by atoms with Gasteiger partial charge >= 0.3 is 0 Å². The van der Waals surface area contributed by atoms with Gasteiger partial charge in [-0.2, -0.15) is 5.26 Å². The fourth-order valence-corrected chi connectivity index (χ4v) is 3.52. The number of fused-ring (bicyclic) bond motifs is 1. The van der Waals surface area contributed by atoms with E-state index in [1.807, 2.05) is 18.2 Å². The van der Waals surface area contributed by atoms with Gasteiger partial charge < -0.3 is 15.0 Å². The minimum absolute atomic E-state index is 0.0596. The first-order valence-electron chi connectivity index (χ1n) is 8.97. The standard InChI is InChI=1S/C22H17FN4O2/c1-13-10-18-20(22(28)27(13)12-16-4-2-3-9-26-16)19(17(11-24)21(25)29-18)14-5-7-15(23)8-6-14/h2-10,19H,12,25H2,1H3/t19-/m1/s1. The van der Waals surface area contributed by atoms with Crippen molar-refractivity contribution in [3.8, 4) is 11.8 Å². The van der Waals surface area contributed by atoms with E-state index in [-0.39, 0.29) is 23.6 Å². The molecular weight excluding hydrogens is 371 g/mol. The predicted molar refractivity (Wildman–Crippen MR) is 104 cm³/mol. The van der Waals surface area contributed by atoms with E-state index in [4.69, 9.17) is 10.5 Å². The lowest BCUT2D eigenvalue weighted by Crippen LogP contribution is -2.33. The Labute approximate surface area is 166 Å². The summed E-state index contributed by atoms with van der Waals surface area (Å²) < 4.78 is 20.6. The molecule has 29 heavy (non-hydrogen) atoms. The summed E-state index contributed by atoms with van der Waals surface area (Å²) in [5, 5.41) is 9.66. The number of allylic oxidation sites excluding steroid dienone is 1. The summed E-state index contributed by atoms with van der Waals surface area (Å²) in [6.45, 7) is 2.07. The lowest BCUT2D eigenvalue weighted by molar-refractivity contribution is 0.389. The molecule has 1 atom stereocenters. The molecule has 144 valence electrons. The Bertz CT molecular complexity index is 1210. The van der Waals surface area contributed by atoms with E-state index in [1.165, 1.54) is 12.1 Å². The summed E-state index contributed by atoms with van der Waals surface area (Å²) in [6.07, 6.45) is 1.66. The second kappa shape index (κ2) is 7.24. The first kappa shape index (κ1) is 18.4. The summed E-state index contributed by atoms with van der Waals surface area (Å²) in [5.41, 5.74) is 8.06. The van der Waals surface area contributed by atoms with Crippen LogP contribution < -0.4 is 16.0 Å². The van der Waals surface area contributed by atoms with Gasteiger partial charge in [-0.1, -0.05) is 18.2 Å². The number of aryl methyl sites for hydroxylation is 1. The molecule has 0 bridgehead atoms. The molecule has 1 aliphatic heterocycles. The first-order chi connectivity index (χ1) is 14.0. The Morgan fingerprint density at radius 2 is 2.03 bits per heavy atom. The molecular formula is C22H17FN4O2. The van der Waals surface area contributed by atoms with Crippen LogP contribution in [0.3, 0.4) is 0 Å². The molecule has 0 aliphatic carbocycles. The van der Waals surface area contributed by atoms with Crippen LogP contribution in [0.15, 0.2) is 71.0 Å². The van der Waals surface area contributed by atoms with Crippen molar-refractivity contribution in [2.45, 2.75) is 19.4 Å². The van der Waals surface area contributed by atoms with Gasteiger partial charge in [-0.15, -0.1) is 0 Å². The summed E-state index contributed by atoms with van der Waals surface area (Å²) >= 11 is 0. The Morgan fingerprint density at radius 1 is 1.28 bits per heavy atom. The van der Waals surface area contributed by atoms with Crippen LogP contribution in [0.1, 0.15) is 28.4 Å². The molecule has 1 aromatic carbocycles. The molecule has 0 fully saturated rings. The summed E-state index contributed by atoms with van der Waals surface area (Å²) in [5.74, 6) is -0.911. The molecule has 3 aromatic rings. The minimum atomic E-state index is -0.743. The van der Waals surface area contributed by atoms with E-state index in [0.29, 0.717) is 22.6 Å². The van der Waals surface area contributed by atoms with Gasteiger partial charge in [0.2, 0.25) is 5.88 Å². The Hall–Kier alpha value is -3.92. The van der Waals surface area contributed by atoms with E-state index in [1.54, 1.807) is 42.0 Å². The van der Waals surface area contributed by atoms with Crippen molar-refractivity contribution in [1.29, 1.82) is 5.26 Å². The molecule has 0 saturated heterocycles. The van der Waals surface area contributed by atoms with Crippen LogP contribution in [0.2, 0.25) is 0 Å². The second-order valence-corrected chi connectivity index (χ2v) is 6.75. The molecule has 0 unspecified atom stereocenters. The van der Waals surface area contributed by atoms with E-state index in [9.17, 15) is 14.4 Å². The van der Waals surface area contributed by atoms with Crippen LogP contribution in [0, 0.1) is 24.1 Å². The van der Waals surface area contributed by atoms with Crippen molar-refractivity contribution in [3.63, 3.8) is 0 Å². The highest BCUT2D eigenvalue weighted by atomic mass is 19.1. The molecule has 4 rings (SSSR count). The smallest absolute Gasteiger partial charge is 0.259 e. The van der Waals surface area contributed by atoms with Gasteiger partial charge in [0.1, 0.15) is 23.2 Å². The van der Waals surface area contributed by atoms with E-state index >= 15 is 0 Å². The zero-order valence-corrected chi connectivity index (χ0v) is 15.6. The Balaban J connectivity index is 1.92. The van der Waals surface area contributed by atoms with Crippen LogP contribution in [-0.2, 0) is 6.54 Å². The highest BCUT2D eigenvalue weighted by Gasteiger charge is 2.34. The maximum atomic E-state index is 13.5. The third-order valence-electron chi connectivity index (χ3n) is 4.94. The van der Waals surface area contributed by atoms with E-state index < -0.39 is 11.7 Å². The number of nitrogens with two attached hydrogens (primary N) is 1. The third kappa shape index (κ3) is 3.25. The monoisotopic (exact) mass is 388 g/mol. The highest BCUT2D eigenvalue weighted by Crippen LogP contribution is 2.40. The molecule has 1 aliphatic rings. The Kier molecular flexibility index (Phi) is 4.61. The number of halogens is 1. The van der Waals surface area contributed by atoms with Gasteiger partial charge in [-0.05, 0) is 36.8 Å². The molecule has 0 spiro atoms. The van der Waals surface area contributed by atoms with Crippen molar-refractivity contribution in [2.75, 3.05) is 0 Å². The van der Waals surface area contributed by atoms with Crippen LogP contribution in [0.5, 0.6) is 5.75 Å². The number of ether oxygens (including phenoxy) is 1. The maximum absolute atomic E-state index is 13.5. The van der Waals surface area contributed by atoms with E-state index in [0.717, 1.165) is 5.69 Å². The molecule has 0 saturated carbocycles. The number of nitrogens with zero attached hydrogens (tertiary/aromatic N) is 3. The molecule has 2 aromatic heterocycles. The SMILES string of the molecule is Cc1cc2c(c(=O)n1Cc1ccccn1)[C@H](c1ccc(F)cc1)C(C#N)=C(N)O2. The molecule has 2 N–H and O–H groups in total. The zero-order chi connectivity index (χ0) is 20.5. The summed E-state index contributed by atoms with van der Waals surface area (Å²) in [6, 6.07) is 14.9. The van der Waals surface area contributed by atoms with Gasteiger partial charge in [0, 0.05) is 18.0 Å². The lowest BCUT2D eigenvalue weighted by atomic mass is 9.84. The van der Waals surface area contributed by atoms with Crippen molar-refractivity contribution in [1.82, 2.24) is 9.55 Å². The van der Waals surface area contributed by atoms with E-state index in [2.05, 4.69) is 4.98 Å². The number of hydrogen-bond donors (Lipinski definition) is 1. The molecule has 3 heterocycles. The minimum Gasteiger partial charge on any atom is -0.440 e. The van der Waals surface area contributed by atoms with Crippen molar-refractivity contribution in [2.24, 2.45) is 5.73 Å². The normalized spacial score (nSPS) is 15.4. The first-order valence-corrected chi connectivity index (χ1v) is 8.97. The molecule has 0 radical (unpaired) electrons. The average Bonchev–Trinajstić information content (AvgIpc) is 2.71. The highest BCUT2D eigenvalue weighted by molar-refractivity contribution is 5.55. The van der Waals surface area contributed by atoms with Crippen LogP contribution in [-0.4, -0.2) is 9.55 Å². The largest absolute Gasteiger partial charge is 0.440 e. The topological polar surface area (TPSA) is 93.9 Å². The lowest BCUT2D eigenvalue weighted by Gasteiger charge is -2.27. The number of nitriles is 1.